The number of nitrogen functional groups attached to an aromatic ring is 2. The average molecular weight is 314 g/mol. The number of pyridine rings is 1. The van der Waals surface area contributed by atoms with Crippen LogP contribution in [-0.2, 0) is 0 Å². The van der Waals surface area contributed by atoms with Crippen LogP contribution in [0.2, 0.25) is 10.0 Å². The maximum absolute atomic E-state index is 10.6. The van der Waals surface area contributed by atoms with Crippen molar-refractivity contribution in [2.24, 2.45) is 0 Å². The minimum Gasteiger partial charge on any atom is -0.449 e. The maximum Gasteiger partial charge on any atom is 0.512 e. The number of carbonyl (C=O) groups is 1. The minimum atomic E-state index is -1.54. The van der Waals surface area contributed by atoms with Crippen LogP contribution in [0.25, 0.3) is 11.3 Å². The molecule has 1 heterocycles. The number of aromatic nitrogens is 1. The van der Waals surface area contributed by atoms with Crippen LogP contribution in [0.15, 0.2) is 24.3 Å². The third kappa shape index (κ3) is 2.87. The van der Waals surface area contributed by atoms with Gasteiger partial charge in [-0.2, -0.15) is 0 Å². The summed E-state index contributed by atoms with van der Waals surface area (Å²) >= 11 is 11.6. The quantitative estimate of drug-likeness (QED) is 0.579. The Bertz CT molecular complexity index is 692. The summed E-state index contributed by atoms with van der Waals surface area (Å²) in [5, 5.41) is 9.02. The van der Waals surface area contributed by atoms with Crippen LogP contribution in [-0.4, -0.2) is 16.2 Å². The first-order valence-corrected chi connectivity index (χ1v) is 6.06. The van der Waals surface area contributed by atoms with Crippen molar-refractivity contribution in [3.8, 4) is 17.1 Å². The number of benzene rings is 1. The molecule has 0 radical (unpaired) electrons. The molecular formula is C12H9Cl2N3O3. The van der Waals surface area contributed by atoms with Crippen molar-refractivity contribution in [1.29, 1.82) is 0 Å². The third-order valence-corrected chi connectivity index (χ3v) is 3.04. The van der Waals surface area contributed by atoms with E-state index in [2.05, 4.69) is 9.72 Å². The summed E-state index contributed by atoms with van der Waals surface area (Å²) in [5.74, 6) is -0.302. The fraction of sp³-hybridized carbons (Fsp3) is 0. The van der Waals surface area contributed by atoms with E-state index in [4.69, 9.17) is 39.8 Å². The average Bonchev–Trinajstić information content (AvgIpc) is 2.34. The maximum atomic E-state index is 10.6. The molecule has 0 saturated heterocycles. The Labute approximate surface area is 123 Å². The third-order valence-electron chi connectivity index (χ3n) is 2.43. The van der Waals surface area contributed by atoms with Crippen molar-refractivity contribution in [3.63, 3.8) is 0 Å². The summed E-state index contributed by atoms with van der Waals surface area (Å²) in [7, 11) is 0. The monoisotopic (exact) mass is 313 g/mol. The normalized spacial score (nSPS) is 10.3. The van der Waals surface area contributed by atoms with Gasteiger partial charge in [0.1, 0.15) is 5.02 Å². The molecule has 20 heavy (non-hydrogen) atoms. The zero-order valence-electron chi connectivity index (χ0n) is 9.93. The van der Waals surface area contributed by atoms with Gasteiger partial charge in [-0.15, -0.1) is 0 Å². The molecule has 104 valence electrons. The number of anilines is 2. The highest BCUT2D eigenvalue weighted by molar-refractivity contribution is 6.34. The highest BCUT2D eigenvalue weighted by atomic mass is 35.5. The lowest BCUT2D eigenvalue weighted by Gasteiger charge is -2.10. The van der Waals surface area contributed by atoms with Crippen LogP contribution in [0.1, 0.15) is 0 Å². The van der Waals surface area contributed by atoms with E-state index in [-0.39, 0.29) is 16.6 Å². The van der Waals surface area contributed by atoms with E-state index in [1.807, 2.05) is 0 Å². The number of nitrogens with zero attached hydrogens (tertiary/aromatic N) is 1. The van der Waals surface area contributed by atoms with Gasteiger partial charge in [0.2, 0.25) is 5.88 Å². The molecule has 8 heteroatoms. The van der Waals surface area contributed by atoms with Crippen molar-refractivity contribution in [2.75, 3.05) is 11.5 Å². The lowest BCUT2D eigenvalue weighted by Crippen LogP contribution is -2.07. The van der Waals surface area contributed by atoms with Crippen LogP contribution in [0.3, 0.4) is 0 Å². The predicted octanol–water partition coefficient (Wildman–Crippen LogP) is 3.28. The molecule has 0 spiro atoms. The lowest BCUT2D eigenvalue weighted by atomic mass is 10.1. The van der Waals surface area contributed by atoms with Crippen LogP contribution >= 0.6 is 23.2 Å². The summed E-state index contributed by atoms with van der Waals surface area (Å²) in [6.07, 6.45) is -1.54. The van der Waals surface area contributed by atoms with Gasteiger partial charge in [0.05, 0.1) is 11.4 Å². The van der Waals surface area contributed by atoms with Gasteiger partial charge in [0.25, 0.3) is 0 Å². The Hall–Kier alpha value is -2.18. The van der Waals surface area contributed by atoms with E-state index in [0.717, 1.165) is 0 Å². The lowest BCUT2D eigenvalue weighted by molar-refractivity contribution is 0.142. The molecule has 6 nitrogen and oxygen atoms in total. The fourth-order valence-corrected chi connectivity index (χ4v) is 1.90. The molecule has 1 aromatic carbocycles. The van der Waals surface area contributed by atoms with Gasteiger partial charge >= 0.3 is 6.16 Å². The summed E-state index contributed by atoms with van der Waals surface area (Å²) in [4.78, 5) is 14.6. The molecule has 0 fully saturated rings. The Morgan fingerprint density at radius 2 is 1.90 bits per heavy atom. The first-order valence-electron chi connectivity index (χ1n) is 5.30. The standard InChI is InChI=1S/C12H9Cl2N3O3/c13-5-1-2-6(7(15)3-5)9-4-8(16)10(14)11(17-9)20-12(18)19/h1-4H,15H2,(H2,16,17)(H,18,19). The topological polar surface area (TPSA) is 111 Å². The van der Waals surface area contributed by atoms with Gasteiger partial charge < -0.3 is 21.3 Å². The Kier molecular flexibility index (Phi) is 3.87. The number of rotatable bonds is 2. The van der Waals surface area contributed by atoms with E-state index in [1.165, 1.54) is 6.07 Å². The van der Waals surface area contributed by atoms with Gasteiger partial charge in [-0.3, -0.25) is 0 Å². The van der Waals surface area contributed by atoms with Crippen LogP contribution in [0.5, 0.6) is 5.88 Å². The second-order valence-electron chi connectivity index (χ2n) is 3.82. The molecule has 5 N–H and O–H groups in total. The first-order chi connectivity index (χ1) is 9.38. The van der Waals surface area contributed by atoms with Crippen molar-refractivity contribution in [1.82, 2.24) is 4.98 Å². The Morgan fingerprint density at radius 1 is 1.20 bits per heavy atom. The van der Waals surface area contributed by atoms with E-state index < -0.39 is 6.16 Å². The Morgan fingerprint density at radius 3 is 2.50 bits per heavy atom. The van der Waals surface area contributed by atoms with E-state index in [0.29, 0.717) is 22.0 Å². The number of ether oxygens (including phenoxy) is 1. The molecule has 0 aliphatic carbocycles. The molecular weight excluding hydrogens is 305 g/mol. The van der Waals surface area contributed by atoms with Crippen molar-refractivity contribution >= 4 is 40.7 Å². The molecule has 0 bridgehead atoms. The molecule has 1 aromatic heterocycles. The van der Waals surface area contributed by atoms with Gasteiger partial charge in [-0.05, 0) is 24.3 Å². The summed E-state index contributed by atoms with van der Waals surface area (Å²) in [6.45, 7) is 0. The number of hydrogen-bond acceptors (Lipinski definition) is 5. The number of nitrogens with two attached hydrogens (primary N) is 2. The van der Waals surface area contributed by atoms with Gasteiger partial charge in [-0.1, -0.05) is 23.2 Å². The molecule has 2 rings (SSSR count). The predicted molar refractivity (Wildman–Crippen MR) is 77.2 cm³/mol. The van der Waals surface area contributed by atoms with Crippen LogP contribution in [0.4, 0.5) is 16.2 Å². The summed E-state index contributed by atoms with van der Waals surface area (Å²) in [6, 6.07) is 6.27. The SMILES string of the molecule is Nc1cc(Cl)ccc1-c1cc(N)c(Cl)c(OC(=O)O)n1. The largest absolute Gasteiger partial charge is 0.512 e. The Balaban J connectivity index is 2.57. The fourth-order valence-electron chi connectivity index (χ4n) is 1.58. The molecule has 0 amide bonds. The molecule has 0 aliphatic rings. The summed E-state index contributed by atoms with van der Waals surface area (Å²) in [5.41, 5.74) is 12.9. The van der Waals surface area contributed by atoms with Crippen LogP contribution < -0.4 is 16.2 Å². The van der Waals surface area contributed by atoms with Crippen molar-refractivity contribution in [2.45, 2.75) is 0 Å². The highest BCUT2D eigenvalue weighted by Crippen LogP contribution is 2.35. The first kappa shape index (κ1) is 14.2. The zero-order chi connectivity index (χ0) is 14.9. The minimum absolute atomic E-state index is 0.0799. The van der Waals surface area contributed by atoms with Gasteiger partial charge in [0.15, 0.2) is 0 Å². The van der Waals surface area contributed by atoms with E-state index in [9.17, 15) is 4.79 Å². The highest BCUT2D eigenvalue weighted by Gasteiger charge is 2.15. The number of hydrogen-bond donors (Lipinski definition) is 3. The molecule has 0 unspecified atom stereocenters. The van der Waals surface area contributed by atoms with E-state index >= 15 is 0 Å². The second-order valence-corrected chi connectivity index (χ2v) is 4.63. The van der Waals surface area contributed by atoms with Crippen LogP contribution in [0, 0.1) is 0 Å². The van der Waals surface area contributed by atoms with Gasteiger partial charge in [-0.25, -0.2) is 9.78 Å². The molecule has 2 aromatic rings. The molecule has 0 saturated carbocycles. The smallest absolute Gasteiger partial charge is 0.449 e. The number of halogens is 2. The number of carboxylic acid groups (broad SMARTS) is 1. The van der Waals surface area contributed by atoms with E-state index in [1.54, 1.807) is 18.2 Å². The zero-order valence-corrected chi connectivity index (χ0v) is 11.4. The summed E-state index contributed by atoms with van der Waals surface area (Å²) < 4.78 is 4.48. The molecule has 0 aliphatic heterocycles. The van der Waals surface area contributed by atoms with Crippen molar-refractivity contribution < 1.29 is 14.6 Å². The molecule has 0 atom stereocenters. The van der Waals surface area contributed by atoms with Gasteiger partial charge in [0, 0.05) is 16.3 Å². The second kappa shape index (κ2) is 5.44. The van der Waals surface area contributed by atoms with Crippen molar-refractivity contribution in [3.05, 3.63) is 34.3 Å².